The van der Waals surface area contributed by atoms with Gasteiger partial charge < -0.3 is 4.57 Å². The van der Waals surface area contributed by atoms with Crippen molar-refractivity contribution in [2.45, 2.75) is 77.2 Å². The molecule has 1 fully saturated rings. The SMILES string of the molecule is O=C(NI)c1cc2c(n(CC3CCCCC3)c1=O)CCCCCC2. The third-order valence-electron chi connectivity index (χ3n) is 5.60. The summed E-state index contributed by atoms with van der Waals surface area (Å²) in [6, 6.07) is 1.87. The maximum atomic E-state index is 13.0. The van der Waals surface area contributed by atoms with Gasteiger partial charge in [0.15, 0.2) is 0 Å². The van der Waals surface area contributed by atoms with E-state index in [2.05, 4.69) is 3.53 Å². The molecule has 0 atom stereocenters. The summed E-state index contributed by atoms with van der Waals surface area (Å²) in [6.07, 6.45) is 13.0. The number of amides is 1. The maximum absolute atomic E-state index is 13.0. The second-order valence-electron chi connectivity index (χ2n) is 7.29. The first kappa shape index (κ1) is 18.0. The number of aromatic nitrogens is 1. The molecule has 0 bridgehead atoms. The fourth-order valence-corrected chi connectivity index (χ4v) is 4.56. The molecule has 3 rings (SSSR count). The molecule has 24 heavy (non-hydrogen) atoms. The Kier molecular flexibility index (Phi) is 6.36. The number of carbonyl (C=O) groups is 1. The first-order valence-corrected chi connectivity index (χ1v) is 10.4. The zero-order chi connectivity index (χ0) is 16.9. The number of nitrogens with one attached hydrogen (secondary N) is 1. The fourth-order valence-electron chi connectivity index (χ4n) is 4.27. The van der Waals surface area contributed by atoms with Crippen LogP contribution in [0.5, 0.6) is 0 Å². The molecular weight excluding hydrogens is 415 g/mol. The van der Waals surface area contributed by atoms with E-state index in [9.17, 15) is 9.59 Å². The zero-order valence-electron chi connectivity index (χ0n) is 14.3. The van der Waals surface area contributed by atoms with Crippen molar-refractivity contribution in [3.8, 4) is 0 Å². The Labute approximate surface area is 157 Å². The van der Waals surface area contributed by atoms with E-state index in [-0.39, 0.29) is 11.5 Å². The van der Waals surface area contributed by atoms with Gasteiger partial charge >= 0.3 is 0 Å². The van der Waals surface area contributed by atoms with Gasteiger partial charge in [-0.15, -0.1) is 0 Å². The minimum absolute atomic E-state index is 0.0888. The van der Waals surface area contributed by atoms with Crippen molar-refractivity contribution in [1.82, 2.24) is 8.10 Å². The lowest BCUT2D eigenvalue weighted by Crippen LogP contribution is -2.35. The van der Waals surface area contributed by atoms with Crippen molar-refractivity contribution in [2.75, 3.05) is 0 Å². The van der Waals surface area contributed by atoms with E-state index < -0.39 is 0 Å². The van der Waals surface area contributed by atoms with Crippen LogP contribution in [0.3, 0.4) is 0 Å². The highest BCUT2D eigenvalue weighted by Crippen LogP contribution is 2.27. The van der Waals surface area contributed by atoms with Crippen molar-refractivity contribution in [1.29, 1.82) is 0 Å². The summed E-state index contributed by atoms with van der Waals surface area (Å²) in [7, 11) is 0. The van der Waals surface area contributed by atoms with Crippen LogP contribution in [0.2, 0.25) is 0 Å². The topological polar surface area (TPSA) is 51.1 Å². The molecule has 1 aromatic rings. The van der Waals surface area contributed by atoms with Gasteiger partial charge in [0.1, 0.15) is 5.56 Å². The normalized spacial score (nSPS) is 19.2. The van der Waals surface area contributed by atoms with Crippen LogP contribution in [0.4, 0.5) is 0 Å². The third kappa shape index (κ3) is 4.03. The van der Waals surface area contributed by atoms with Gasteiger partial charge in [-0.3, -0.25) is 13.1 Å². The van der Waals surface area contributed by atoms with E-state index in [1.54, 1.807) is 0 Å². The summed E-state index contributed by atoms with van der Waals surface area (Å²) in [5.41, 5.74) is 2.66. The van der Waals surface area contributed by atoms with Gasteiger partial charge in [0.05, 0.1) is 22.9 Å². The number of carbonyl (C=O) groups excluding carboxylic acids is 1. The lowest BCUT2D eigenvalue weighted by molar-refractivity contribution is 0.0987. The molecule has 1 amide bonds. The Balaban J connectivity index is 2.02. The molecular formula is C19H27IN2O2. The highest BCUT2D eigenvalue weighted by atomic mass is 127. The lowest BCUT2D eigenvalue weighted by Gasteiger charge is -2.26. The van der Waals surface area contributed by atoms with E-state index in [1.165, 1.54) is 56.2 Å². The average Bonchev–Trinajstić information content (AvgIpc) is 2.59. The number of hydrogen-bond donors (Lipinski definition) is 1. The van der Waals surface area contributed by atoms with Crippen molar-refractivity contribution in [2.24, 2.45) is 5.92 Å². The standard InChI is InChI=1S/C19H27IN2O2/c20-21-18(23)16-12-15-10-6-1-2-7-11-17(15)22(19(16)24)13-14-8-4-3-5-9-14/h12,14H,1-11,13H2,(H,21,23). The van der Waals surface area contributed by atoms with Crippen LogP contribution >= 0.6 is 22.9 Å². The predicted octanol–water partition coefficient (Wildman–Crippen LogP) is 4.17. The molecule has 4 nitrogen and oxygen atoms in total. The Morgan fingerprint density at radius 1 is 1.08 bits per heavy atom. The highest BCUT2D eigenvalue weighted by molar-refractivity contribution is 14.1. The molecule has 2 aliphatic carbocycles. The quantitative estimate of drug-likeness (QED) is 0.565. The molecule has 0 saturated heterocycles. The Morgan fingerprint density at radius 2 is 1.75 bits per heavy atom. The van der Waals surface area contributed by atoms with E-state index in [0.717, 1.165) is 32.2 Å². The van der Waals surface area contributed by atoms with E-state index in [1.807, 2.05) is 33.5 Å². The monoisotopic (exact) mass is 442 g/mol. The van der Waals surface area contributed by atoms with Gasteiger partial charge in [-0.1, -0.05) is 32.1 Å². The molecule has 1 heterocycles. The molecule has 0 spiro atoms. The Bertz CT molecular complexity index is 648. The lowest BCUT2D eigenvalue weighted by atomic mass is 9.88. The molecule has 1 N–H and O–H groups in total. The molecule has 1 saturated carbocycles. The Morgan fingerprint density at radius 3 is 2.46 bits per heavy atom. The van der Waals surface area contributed by atoms with Gasteiger partial charge in [-0.25, -0.2) is 0 Å². The average molecular weight is 442 g/mol. The molecule has 0 radical (unpaired) electrons. The number of pyridine rings is 1. The summed E-state index contributed by atoms with van der Waals surface area (Å²) < 4.78 is 4.58. The van der Waals surface area contributed by atoms with Crippen LogP contribution in [0.25, 0.3) is 0 Å². The molecule has 0 unspecified atom stereocenters. The summed E-state index contributed by atoms with van der Waals surface area (Å²) >= 11 is 1.82. The molecule has 2 aliphatic rings. The number of halogens is 1. The van der Waals surface area contributed by atoms with Crippen molar-refractivity contribution < 1.29 is 4.79 Å². The van der Waals surface area contributed by atoms with Crippen LogP contribution in [0.15, 0.2) is 10.9 Å². The van der Waals surface area contributed by atoms with Gasteiger partial charge in [0.2, 0.25) is 0 Å². The van der Waals surface area contributed by atoms with Crippen LogP contribution in [-0.2, 0) is 19.4 Å². The largest absolute Gasteiger partial charge is 0.311 e. The summed E-state index contributed by atoms with van der Waals surface area (Å²) in [6.45, 7) is 0.795. The van der Waals surface area contributed by atoms with Crippen molar-refractivity contribution in [3.05, 3.63) is 33.2 Å². The zero-order valence-corrected chi connectivity index (χ0v) is 16.4. The fraction of sp³-hybridized carbons (Fsp3) is 0.684. The molecule has 132 valence electrons. The number of hydrogen-bond acceptors (Lipinski definition) is 2. The number of fused-ring (bicyclic) bond motifs is 1. The number of aryl methyl sites for hydroxylation is 1. The third-order valence-corrected chi connectivity index (χ3v) is 6.09. The molecule has 1 aromatic heterocycles. The number of rotatable bonds is 3. The van der Waals surface area contributed by atoms with Crippen molar-refractivity contribution in [3.63, 3.8) is 0 Å². The van der Waals surface area contributed by atoms with Crippen molar-refractivity contribution >= 4 is 28.8 Å². The first-order valence-electron chi connectivity index (χ1n) is 9.37. The smallest absolute Gasteiger partial charge is 0.265 e. The summed E-state index contributed by atoms with van der Waals surface area (Å²) in [5, 5.41) is 0. The molecule has 5 heteroatoms. The molecule has 0 aromatic carbocycles. The second-order valence-corrected chi connectivity index (χ2v) is 7.83. The van der Waals surface area contributed by atoms with Crippen LogP contribution < -0.4 is 9.09 Å². The van der Waals surface area contributed by atoms with Gasteiger partial charge in [0.25, 0.3) is 11.5 Å². The van der Waals surface area contributed by atoms with E-state index in [0.29, 0.717) is 11.5 Å². The Hall–Kier alpha value is -0.850. The number of nitrogens with zero attached hydrogens (tertiary/aromatic N) is 1. The van der Waals surface area contributed by atoms with Gasteiger partial charge in [-0.05, 0) is 56.1 Å². The van der Waals surface area contributed by atoms with Gasteiger partial charge in [0, 0.05) is 12.2 Å². The minimum atomic E-state index is -0.261. The van der Waals surface area contributed by atoms with E-state index >= 15 is 0 Å². The van der Waals surface area contributed by atoms with Crippen LogP contribution in [-0.4, -0.2) is 10.5 Å². The summed E-state index contributed by atoms with van der Waals surface area (Å²) in [5.74, 6) is 0.326. The highest BCUT2D eigenvalue weighted by Gasteiger charge is 2.22. The van der Waals surface area contributed by atoms with Gasteiger partial charge in [-0.2, -0.15) is 0 Å². The first-order chi connectivity index (χ1) is 11.7. The van der Waals surface area contributed by atoms with E-state index in [4.69, 9.17) is 0 Å². The molecule has 0 aliphatic heterocycles. The minimum Gasteiger partial charge on any atom is -0.311 e. The predicted molar refractivity (Wildman–Crippen MR) is 105 cm³/mol. The van der Waals surface area contributed by atoms with Crippen LogP contribution in [0, 0.1) is 5.92 Å². The second kappa shape index (κ2) is 8.50. The van der Waals surface area contributed by atoms with Crippen LogP contribution in [0.1, 0.15) is 79.4 Å². The summed E-state index contributed by atoms with van der Waals surface area (Å²) in [4.78, 5) is 25.2. The maximum Gasteiger partial charge on any atom is 0.265 e.